The van der Waals surface area contributed by atoms with Gasteiger partial charge in [0.05, 0.1) is 18.2 Å². The van der Waals surface area contributed by atoms with Gasteiger partial charge >= 0.3 is 6.09 Å². The molecule has 9 nitrogen and oxygen atoms in total. The van der Waals surface area contributed by atoms with Gasteiger partial charge in [-0.2, -0.15) is 5.26 Å². The third-order valence-electron chi connectivity index (χ3n) is 4.46. The first-order valence-electron chi connectivity index (χ1n) is 9.34. The van der Waals surface area contributed by atoms with Crippen molar-refractivity contribution < 1.29 is 14.3 Å². The van der Waals surface area contributed by atoms with Crippen molar-refractivity contribution in [1.82, 2.24) is 14.9 Å². The van der Waals surface area contributed by atoms with E-state index in [1.807, 2.05) is 11.0 Å². The van der Waals surface area contributed by atoms with Crippen LogP contribution in [0, 0.1) is 18.3 Å². The second kappa shape index (κ2) is 9.01. The summed E-state index contributed by atoms with van der Waals surface area (Å²) in [5.74, 6) is 0.776. The number of carbonyl (C=O) groups is 2. The lowest BCUT2D eigenvalue weighted by atomic mass is 10.2. The molecule has 1 aliphatic heterocycles. The lowest BCUT2D eigenvalue weighted by Gasteiger charge is -2.34. The normalized spacial score (nSPS) is 13.6. The van der Waals surface area contributed by atoms with E-state index in [1.165, 1.54) is 0 Å². The Morgan fingerprint density at radius 2 is 1.86 bits per heavy atom. The largest absolute Gasteiger partial charge is 0.450 e. The molecule has 150 valence electrons. The first kappa shape index (κ1) is 20.1. The van der Waals surface area contributed by atoms with Crippen molar-refractivity contribution in [3.8, 4) is 6.07 Å². The highest BCUT2D eigenvalue weighted by Crippen LogP contribution is 2.17. The van der Waals surface area contributed by atoms with Gasteiger partial charge in [0.1, 0.15) is 17.3 Å². The van der Waals surface area contributed by atoms with Gasteiger partial charge in [0.25, 0.3) is 5.91 Å². The molecule has 2 amide bonds. The summed E-state index contributed by atoms with van der Waals surface area (Å²) < 4.78 is 5.04. The standard InChI is InChI=1S/C20H22N6O3/c1-3-29-20(28)26-10-8-25(9-11-26)18-12-17(22-14(2)23-18)19(27)24-16-6-4-15(13-21)5-7-16/h4-7,12H,3,8-11H2,1-2H3,(H,24,27). The minimum atomic E-state index is -0.355. The number of ether oxygens (including phenoxy) is 1. The van der Waals surface area contributed by atoms with E-state index in [0.717, 1.165) is 0 Å². The molecular weight excluding hydrogens is 372 g/mol. The molecule has 29 heavy (non-hydrogen) atoms. The van der Waals surface area contributed by atoms with Crippen LogP contribution in [-0.4, -0.2) is 59.7 Å². The van der Waals surface area contributed by atoms with E-state index in [-0.39, 0.29) is 17.7 Å². The number of hydrogen-bond acceptors (Lipinski definition) is 7. The Labute approximate surface area is 168 Å². The Kier molecular flexibility index (Phi) is 6.24. The molecule has 2 aromatic rings. The van der Waals surface area contributed by atoms with Crippen molar-refractivity contribution >= 4 is 23.5 Å². The number of rotatable bonds is 4. The molecule has 0 saturated carbocycles. The number of nitriles is 1. The molecule has 0 radical (unpaired) electrons. The van der Waals surface area contributed by atoms with Gasteiger partial charge in [0, 0.05) is 37.9 Å². The van der Waals surface area contributed by atoms with E-state index < -0.39 is 0 Å². The fraction of sp³-hybridized carbons (Fsp3) is 0.350. The number of benzene rings is 1. The lowest BCUT2D eigenvalue weighted by molar-refractivity contribution is 0.102. The zero-order valence-corrected chi connectivity index (χ0v) is 16.4. The van der Waals surface area contributed by atoms with Gasteiger partial charge < -0.3 is 19.9 Å². The molecule has 9 heteroatoms. The molecule has 1 fully saturated rings. The highest BCUT2D eigenvalue weighted by molar-refractivity contribution is 6.03. The summed E-state index contributed by atoms with van der Waals surface area (Å²) in [4.78, 5) is 36.8. The molecular formula is C20H22N6O3. The Morgan fingerprint density at radius 3 is 2.48 bits per heavy atom. The average molecular weight is 394 g/mol. The van der Waals surface area contributed by atoms with E-state index in [4.69, 9.17) is 10.00 Å². The maximum absolute atomic E-state index is 12.6. The average Bonchev–Trinajstić information content (AvgIpc) is 2.74. The van der Waals surface area contributed by atoms with Gasteiger partial charge in [0.2, 0.25) is 0 Å². The molecule has 1 N–H and O–H groups in total. The predicted molar refractivity (Wildman–Crippen MR) is 107 cm³/mol. The second-order valence-corrected chi connectivity index (χ2v) is 6.47. The number of piperazine rings is 1. The lowest BCUT2D eigenvalue weighted by Crippen LogP contribution is -2.49. The molecule has 1 saturated heterocycles. The van der Waals surface area contributed by atoms with Crippen molar-refractivity contribution in [2.75, 3.05) is 43.0 Å². The number of carbonyl (C=O) groups excluding carboxylic acids is 2. The van der Waals surface area contributed by atoms with Crippen LogP contribution in [0.15, 0.2) is 30.3 Å². The minimum Gasteiger partial charge on any atom is -0.450 e. The van der Waals surface area contributed by atoms with Crippen LogP contribution in [0.5, 0.6) is 0 Å². The summed E-state index contributed by atoms with van der Waals surface area (Å²) in [5, 5.41) is 11.6. The first-order valence-corrected chi connectivity index (χ1v) is 9.34. The van der Waals surface area contributed by atoms with Crippen LogP contribution in [0.2, 0.25) is 0 Å². The van der Waals surface area contributed by atoms with E-state index in [2.05, 4.69) is 15.3 Å². The molecule has 1 aliphatic rings. The van der Waals surface area contributed by atoms with Crippen LogP contribution in [0.25, 0.3) is 0 Å². The monoisotopic (exact) mass is 394 g/mol. The number of aromatic nitrogens is 2. The quantitative estimate of drug-likeness (QED) is 0.846. The van der Waals surface area contributed by atoms with E-state index in [0.29, 0.717) is 55.7 Å². The van der Waals surface area contributed by atoms with Crippen molar-refractivity contribution in [2.24, 2.45) is 0 Å². The summed E-state index contributed by atoms with van der Waals surface area (Å²) in [6.07, 6.45) is -0.312. The zero-order valence-electron chi connectivity index (χ0n) is 16.4. The number of amides is 2. The van der Waals surface area contributed by atoms with Crippen LogP contribution < -0.4 is 10.2 Å². The summed E-state index contributed by atoms with van der Waals surface area (Å²) >= 11 is 0. The molecule has 0 aliphatic carbocycles. The van der Waals surface area contributed by atoms with Crippen molar-refractivity contribution in [2.45, 2.75) is 13.8 Å². The molecule has 0 spiro atoms. The Balaban J connectivity index is 1.69. The summed E-state index contributed by atoms with van der Waals surface area (Å²) in [6.45, 7) is 6.09. The fourth-order valence-corrected chi connectivity index (χ4v) is 2.99. The Morgan fingerprint density at radius 1 is 1.17 bits per heavy atom. The predicted octanol–water partition coefficient (Wildman–Crippen LogP) is 2.19. The van der Waals surface area contributed by atoms with Gasteiger partial charge in [-0.15, -0.1) is 0 Å². The van der Waals surface area contributed by atoms with Gasteiger partial charge in [0.15, 0.2) is 0 Å². The second-order valence-electron chi connectivity index (χ2n) is 6.47. The summed E-state index contributed by atoms with van der Waals surface area (Å²) in [6, 6.07) is 10.3. The molecule has 0 unspecified atom stereocenters. The van der Waals surface area contributed by atoms with Crippen LogP contribution >= 0.6 is 0 Å². The summed E-state index contributed by atoms with van der Waals surface area (Å²) in [5.41, 5.74) is 1.35. The van der Waals surface area contributed by atoms with Gasteiger partial charge in [-0.05, 0) is 38.1 Å². The molecule has 3 rings (SSSR count). The SMILES string of the molecule is CCOC(=O)N1CCN(c2cc(C(=O)Nc3ccc(C#N)cc3)nc(C)n2)CC1. The van der Waals surface area contributed by atoms with E-state index in [1.54, 1.807) is 49.1 Å². The van der Waals surface area contributed by atoms with Crippen LogP contribution in [0.4, 0.5) is 16.3 Å². The third-order valence-corrected chi connectivity index (χ3v) is 4.46. The first-order chi connectivity index (χ1) is 14.0. The van der Waals surface area contributed by atoms with E-state index >= 15 is 0 Å². The molecule has 1 aromatic heterocycles. The van der Waals surface area contributed by atoms with Crippen molar-refractivity contribution in [3.63, 3.8) is 0 Å². The Hall–Kier alpha value is -3.67. The topological polar surface area (TPSA) is 111 Å². The maximum Gasteiger partial charge on any atom is 0.409 e. The third kappa shape index (κ3) is 4.99. The van der Waals surface area contributed by atoms with Gasteiger partial charge in [-0.1, -0.05) is 0 Å². The highest BCUT2D eigenvalue weighted by atomic mass is 16.6. The number of anilines is 2. The maximum atomic E-state index is 12.6. The molecule has 1 aromatic carbocycles. The van der Waals surface area contributed by atoms with Gasteiger partial charge in [-0.3, -0.25) is 4.79 Å². The van der Waals surface area contributed by atoms with Crippen LogP contribution in [-0.2, 0) is 4.74 Å². The number of nitrogens with zero attached hydrogens (tertiary/aromatic N) is 5. The molecule has 2 heterocycles. The Bertz CT molecular complexity index is 930. The number of hydrogen-bond donors (Lipinski definition) is 1. The number of nitrogens with one attached hydrogen (secondary N) is 1. The van der Waals surface area contributed by atoms with Gasteiger partial charge in [-0.25, -0.2) is 14.8 Å². The van der Waals surface area contributed by atoms with E-state index in [9.17, 15) is 9.59 Å². The molecule has 0 atom stereocenters. The van der Waals surface area contributed by atoms with Crippen LogP contribution in [0.1, 0.15) is 28.8 Å². The highest BCUT2D eigenvalue weighted by Gasteiger charge is 2.23. The molecule has 0 bridgehead atoms. The zero-order chi connectivity index (χ0) is 20.8. The van der Waals surface area contributed by atoms with Crippen molar-refractivity contribution in [1.29, 1.82) is 5.26 Å². The summed E-state index contributed by atoms with van der Waals surface area (Å²) in [7, 11) is 0. The van der Waals surface area contributed by atoms with Crippen LogP contribution in [0.3, 0.4) is 0 Å². The van der Waals surface area contributed by atoms with Crippen molar-refractivity contribution in [3.05, 3.63) is 47.4 Å². The fourth-order valence-electron chi connectivity index (χ4n) is 2.99. The minimum absolute atomic E-state index is 0.254. The number of aryl methyl sites for hydroxylation is 1. The smallest absolute Gasteiger partial charge is 0.409 e.